The Morgan fingerprint density at radius 1 is 1.26 bits per heavy atom. The average molecular weight is 369 g/mol. The lowest BCUT2D eigenvalue weighted by molar-refractivity contribution is 0.0977. The predicted octanol–water partition coefficient (Wildman–Crippen LogP) is 3.26. The fraction of sp³-hybridized carbons (Fsp3) is 0.211. The minimum Gasteiger partial charge on any atom is -0.508 e. The lowest BCUT2D eigenvalue weighted by Gasteiger charge is -2.11. The van der Waals surface area contributed by atoms with Gasteiger partial charge in [0.15, 0.2) is 5.82 Å². The van der Waals surface area contributed by atoms with Crippen LogP contribution in [0.2, 0.25) is 0 Å². The number of anilines is 1. The van der Waals surface area contributed by atoms with Crippen LogP contribution in [0, 0.1) is 11.7 Å². The molecule has 0 saturated carbocycles. The molecule has 7 nitrogen and oxygen atoms in total. The number of nitrogens with zero attached hydrogens (tertiary/aromatic N) is 2. The summed E-state index contributed by atoms with van der Waals surface area (Å²) >= 11 is 0. The highest BCUT2D eigenvalue weighted by atomic mass is 19.1. The zero-order valence-corrected chi connectivity index (χ0v) is 15.0. The summed E-state index contributed by atoms with van der Waals surface area (Å²) in [7, 11) is 0. The number of halogens is 1. The minimum atomic E-state index is -0.379. The van der Waals surface area contributed by atoms with Gasteiger partial charge in [0.25, 0.3) is 5.91 Å². The highest BCUT2D eigenvalue weighted by Crippen LogP contribution is 2.21. The topological polar surface area (TPSA) is 102 Å². The molecule has 0 radical (unpaired) electrons. The fourth-order valence-electron chi connectivity index (χ4n) is 2.38. The summed E-state index contributed by atoms with van der Waals surface area (Å²) in [5.41, 5.74) is 0.909. The Balaban J connectivity index is 1.83. The van der Waals surface area contributed by atoms with Gasteiger partial charge in [-0.2, -0.15) is 5.10 Å². The van der Waals surface area contributed by atoms with E-state index in [0.717, 1.165) is 0 Å². The Morgan fingerprint density at radius 3 is 2.70 bits per heavy atom. The maximum absolute atomic E-state index is 13.3. The number of aromatic nitrogens is 2. The molecule has 1 amide bonds. The summed E-state index contributed by atoms with van der Waals surface area (Å²) in [6, 6.07) is 10.2. The van der Waals surface area contributed by atoms with Crippen molar-refractivity contribution >= 4 is 28.6 Å². The minimum absolute atomic E-state index is 0.0774. The molecule has 0 unspecified atom stereocenters. The molecule has 0 bridgehead atoms. The number of amides is 1. The Kier molecular flexibility index (Phi) is 5.35. The first-order chi connectivity index (χ1) is 12.9. The largest absolute Gasteiger partial charge is 0.508 e. The lowest BCUT2D eigenvalue weighted by Crippen LogP contribution is -2.36. The van der Waals surface area contributed by atoms with E-state index >= 15 is 0 Å². The van der Waals surface area contributed by atoms with Crippen LogP contribution in [0.3, 0.4) is 0 Å². The van der Waals surface area contributed by atoms with E-state index in [0.29, 0.717) is 28.8 Å². The number of aliphatic imine (C=N–C) groups is 1. The second-order valence-corrected chi connectivity index (χ2v) is 6.47. The number of aromatic hydroxyl groups is 1. The predicted molar refractivity (Wildman–Crippen MR) is 102 cm³/mol. The van der Waals surface area contributed by atoms with Crippen molar-refractivity contribution in [1.82, 2.24) is 15.5 Å². The van der Waals surface area contributed by atoms with Crippen LogP contribution in [0.15, 0.2) is 47.5 Å². The third-order valence-electron chi connectivity index (χ3n) is 3.74. The number of rotatable bonds is 4. The maximum atomic E-state index is 13.3. The Morgan fingerprint density at radius 2 is 2.00 bits per heavy atom. The van der Waals surface area contributed by atoms with Gasteiger partial charge >= 0.3 is 0 Å². The number of guanidine groups is 1. The van der Waals surface area contributed by atoms with Gasteiger partial charge in [-0.3, -0.25) is 20.2 Å². The number of carbonyl (C=O) groups is 1. The van der Waals surface area contributed by atoms with Crippen LogP contribution in [-0.2, 0) is 0 Å². The van der Waals surface area contributed by atoms with Gasteiger partial charge < -0.3 is 10.4 Å². The number of carbonyl (C=O) groups excluding carboxylic acids is 1. The van der Waals surface area contributed by atoms with Gasteiger partial charge in [0.1, 0.15) is 11.6 Å². The fourth-order valence-corrected chi connectivity index (χ4v) is 2.38. The maximum Gasteiger partial charge on any atom is 0.257 e. The first-order valence-electron chi connectivity index (χ1n) is 8.48. The highest BCUT2D eigenvalue weighted by Gasteiger charge is 2.13. The molecule has 1 heterocycles. The molecule has 0 atom stereocenters. The van der Waals surface area contributed by atoms with E-state index < -0.39 is 0 Å². The van der Waals surface area contributed by atoms with Crippen LogP contribution in [0.1, 0.15) is 24.2 Å². The average Bonchev–Trinajstić information content (AvgIpc) is 3.02. The molecule has 0 aliphatic rings. The number of H-pyrrole nitrogens is 1. The molecule has 8 heteroatoms. The summed E-state index contributed by atoms with van der Waals surface area (Å²) in [6.45, 7) is 4.51. The van der Waals surface area contributed by atoms with Crippen LogP contribution in [0.25, 0.3) is 10.9 Å². The molecule has 4 N–H and O–H groups in total. The number of nitrogens with one attached hydrogen (secondary N) is 3. The first-order valence-corrected chi connectivity index (χ1v) is 8.48. The smallest absolute Gasteiger partial charge is 0.257 e. The van der Waals surface area contributed by atoms with Crippen molar-refractivity contribution in [3.63, 3.8) is 0 Å². The molecule has 2 aromatic carbocycles. The van der Waals surface area contributed by atoms with E-state index in [9.17, 15) is 14.3 Å². The molecule has 0 spiro atoms. The standard InChI is InChI=1S/C19H20FN5O2/c1-11(2)10-21-19(23-18(27)12-3-6-14(26)7-4-12)22-17-15-8-5-13(20)9-16(15)24-25-17/h3-9,11,26H,10H2,1-2H3,(H3,21,22,23,24,25,27). The highest BCUT2D eigenvalue weighted by molar-refractivity contribution is 6.11. The van der Waals surface area contributed by atoms with E-state index in [1.165, 1.54) is 36.4 Å². The molecule has 0 aliphatic carbocycles. The third kappa shape index (κ3) is 4.60. The summed E-state index contributed by atoms with van der Waals surface area (Å²) in [6.07, 6.45) is 0. The van der Waals surface area contributed by atoms with Crippen molar-refractivity contribution in [1.29, 1.82) is 0 Å². The second kappa shape index (κ2) is 7.86. The quantitative estimate of drug-likeness (QED) is 0.419. The number of fused-ring (bicyclic) bond motifs is 1. The monoisotopic (exact) mass is 369 g/mol. The summed E-state index contributed by atoms with van der Waals surface area (Å²) in [5.74, 6) is 0.284. The molecule has 3 aromatic rings. The van der Waals surface area contributed by atoms with Gasteiger partial charge in [0.05, 0.1) is 5.52 Å². The number of benzene rings is 2. The van der Waals surface area contributed by atoms with Gasteiger partial charge in [-0.05, 0) is 48.4 Å². The number of aromatic amines is 1. The van der Waals surface area contributed by atoms with Gasteiger partial charge in [-0.25, -0.2) is 4.39 Å². The van der Waals surface area contributed by atoms with Gasteiger partial charge in [0, 0.05) is 17.5 Å². The molecule has 0 aliphatic heterocycles. The van der Waals surface area contributed by atoms with Gasteiger partial charge in [0.2, 0.25) is 5.96 Å². The van der Waals surface area contributed by atoms with Gasteiger partial charge in [-0.15, -0.1) is 0 Å². The van der Waals surface area contributed by atoms with E-state index in [-0.39, 0.29) is 29.4 Å². The number of hydrogen-bond donors (Lipinski definition) is 4. The molecular formula is C19H20FN5O2. The van der Waals surface area contributed by atoms with Crippen molar-refractivity contribution in [3.8, 4) is 5.75 Å². The van der Waals surface area contributed by atoms with Crippen molar-refractivity contribution < 1.29 is 14.3 Å². The molecule has 1 aromatic heterocycles. The Labute approximate surface area is 155 Å². The lowest BCUT2D eigenvalue weighted by atomic mass is 10.2. The van der Waals surface area contributed by atoms with E-state index in [1.807, 2.05) is 13.8 Å². The molecule has 27 heavy (non-hydrogen) atoms. The molecular weight excluding hydrogens is 349 g/mol. The zero-order valence-electron chi connectivity index (χ0n) is 15.0. The van der Waals surface area contributed by atoms with Crippen molar-refractivity contribution in [2.45, 2.75) is 13.8 Å². The molecule has 0 saturated heterocycles. The van der Waals surface area contributed by atoms with E-state index in [1.54, 1.807) is 6.07 Å². The van der Waals surface area contributed by atoms with Crippen LogP contribution in [0.4, 0.5) is 10.2 Å². The summed E-state index contributed by atoms with van der Waals surface area (Å²) < 4.78 is 13.3. The summed E-state index contributed by atoms with van der Waals surface area (Å²) in [5, 5.41) is 22.6. The number of phenols is 1. The van der Waals surface area contributed by atoms with Crippen LogP contribution < -0.4 is 10.6 Å². The molecule has 0 fully saturated rings. The van der Waals surface area contributed by atoms with Crippen LogP contribution in [-0.4, -0.2) is 33.7 Å². The van der Waals surface area contributed by atoms with Crippen LogP contribution in [0.5, 0.6) is 5.75 Å². The normalized spacial score (nSPS) is 11.8. The number of phenolic OH excluding ortho intramolecular Hbond substituents is 1. The third-order valence-corrected chi connectivity index (χ3v) is 3.74. The first kappa shape index (κ1) is 18.4. The Bertz CT molecular complexity index is 979. The molecule has 140 valence electrons. The Hall–Kier alpha value is -3.42. The van der Waals surface area contributed by atoms with Crippen molar-refractivity contribution in [2.24, 2.45) is 10.9 Å². The molecule has 3 rings (SSSR count). The van der Waals surface area contributed by atoms with E-state index in [2.05, 4.69) is 25.8 Å². The van der Waals surface area contributed by atoms with Gasteiger partial charge in [-0.1, -0.05) is 13.8 Å². The van der Waals surface area contributed by atoms with Crippen LogP contribution >= 0.6 is 0 Å². The van der Waals surface area contributed by atoms with Crippen molar-refractivity contribution in [3.05, 3.63) is 53.8 Å². The van der Waals surface area contributed by atoms with Crippen molar-refractivity contribution in [2.75, 3.05) is 11.9 Å². The number of hydrogen-bond acceptors (Lipinski definition) is 4. The van der Waals surface area contributed by atoms with E-state index in [4.69, 9.17) is 0 Å². The summed E-state index contributed by atoms with van der Waals surface area (Å²) in [4.78, 5) is 16.9. The zero-order chi connectivity index (χ0) is 19.4. The second-order valence-electron chi connectivity index (χ2n) is 6.47. The SMILES string of the molecule is CC(C)CN=C(NC(=O)c1ccc(O)cc1)Nc1n[nH]c2cc(F)ccc12.